The van der Waals surface area contributed by atoms with Crippen LogP contribution in [-0.4, -0.2) is 37.4 Å². The molecule has 0 aliphatic heterocycles. The summed E-state index contributed by atoms with van der Waals surface area (Å²) in [5, 5.41) is 17.7. The molecule has 0 spiro atoms. The number of hydrogen-bond donors (Lipinski definition) is 2. The Hall–Kier alpha value is -2.21. The minimum absolute atomic E-state index is 0.0741. The van der Waals surface area contributed by atoms with Crippen LogP contribution in [0.25, 0.3) is 0 Å². The van der Waals surface area contributed by atoms with Crippen molar-refractivity contribution >= 4 is 22.7 Å². The van der Waals surface area contributed by atoms with Gasteiger partial charge in [0.2, 0.25) is 0 Å². The lowest BCUT2D eigenvalue weighted by molar-refractivity contribution is -0.136. The van der Waals surface area contributed by atoms with Crippen LogP contribution in [0.15, 0.2) is 48.6 Å². The van der Waals surface area contributed by atoms with Gasteiger partial charge >= 0.3 is 11.9 Å². The van der Waals surface area contributed by atoms with Gasteiger partial charge in [0.25, 0.3) is 0 Å². The van der Waals surface area contributed by atoms with E-state index < -0.39 is 22.7 Å². The van der Waals surface area contributed by atoms with Gasteiger partial charge in [0, 0.05) is 16.6 Å². The Labute approximate surface area is 188 Å². The van der Waals surface area contributed by atoms with Gasteiger partial charge in [-0.05, 0) is 37.0 Å². The Morgan fingerprint density at radius 2 is 1.74 bits per heavy atom. The monoisotopic (exact) mass is 448 g/mol. The summed E-state index contributed by atoms with van der Waals surface area (Å²) in [6, 6.07) is 6.57. The van der Waals surface area contributed by atoms with Gasteiger partial charge in [-0.2, -0.15) is 0 Å². The van der Waals surface area contributed by atoms with Crippen molar-refractivity contribution in [3.05, 3.63) is 59.7 Å². The molecule has 6 heteroatoms. The molecule has 0 fully saturated rings. The first kappa shape index (κ1) is 26.8. The van der Waals surface area contributed by atoms with E-state index in [4.69, 9.17) is 10.2 Å². The van der Waals surface area contributed by atoms with Crippen molar-refractivity contribution in [2.75, 3.05) is 5.75 Å². The molecule has 2 N–H and O–H groups in total. The summed E-state index contributed by atoms with van der Waals surface area (Å²) in [6.45, 7) is 2.22. The first-order chi connectivity index (χ1) is 14.9. The summed E-state index contributed by atoms with van der Waals surface area (Å²) >= 11 is 0. The molecule has 1 aromatic rings. The minimum atomic E-state index is -1.36. The molecule has 31 heavy (non-hydrogen) atoms. The first-order valence-electron chi connectivity index (χ1n) is 11.2. The normalized spacial score (nSPS) is 13.6. The van der Waals surface area contributed by atoms with E-state index >= 15 is 0 Å². The molecular weight excluding hydrogens is 412 g/mol. The highest BCUT2D eigenvalue weighted by Gasteiger charge is 2.16. The molecule has 0 amide bonds. The summed E-state index contributed by atoms with van der Waals surface area (Å²) in [6.07, 6.45) is 17.9. The van der Waals surface area contributed by atoms with E-state index in [2.05, 4.69) is 13.0 Å². The molecule has 0 aliphatic rings. The molecule has 1 aromatic carbocycles. The number of rotatable bonds is 17. The average molecular weight is 449 g/mol. The van der Waals surface area contributed by atoms with Gasteiger partial charge in [-0.15, -0.1) is 0 Å². The highest BCUT2D eigenvalue weighted by Crippen LogP contribution is 2.14. The largest absolute Gasteiger partial charge is 0.481 e. The zero-order valence-electron chi connectivity index (χ0n) is 18.5. The predicted molar refractivity (Wildman–Crippen MR) is 127 cm³/mol. The third-order valence-electron chi connectivity index (χ3n) is 5.01. The second kappa shape index (κ2) is 16.5. The number of unbranched alkanes of at least 4 members (excludes halogenated alkanes) is 7. The number of aromatic carboxylic acids is 1. The molecule has 1 unspecified atom stereocenters. The molecule has 0 heterocycles. The van der Waals surface area contributed by atoms with Crippen LogP contribution in [0, 0.1) is 0 Å². The standard InChI is InChI=1S/C25H36O5S/c1-2-3-4-5-6-7-8-9-10-11-12-16-23(31(30)18-17-24(26)27)20-21-14-13-15-22(19-21)25(28)29/h10-16,19,23H,2-9,17-18,20H2,1H3,(H,26,27)(H,28,29)/t23-,31?/m0/s1. The molecule has 1 rings (SSSR count). The SMILES string of the molecule is CCCCCCCCCC=CC=C[C@@H](Cc1cccc(C(=O)O)c1)S(=O)CCC(=O)O. The topological polar surface area (TPSA) is 91.7 Å². The summed E-state index contributed by atoms with van der Waals surface area (Å²) in [4.78, 5) is 22.0. The molecule has 2 atom stereocenters. The maximum Gasteiger partial charge on any atom is 0.335 e. The van der Waals surface area contributed by atoms with Crippen molar-refractivity contribution in [3.63, 3.8) is 0 Å². The smallest absolute Gasteiger partial charge is 0.335 e. The number of carbonyl (C=O) groups is 2. The van der Waals surface area contributed by atoms with Crippen LogP contribution in [0.4, 0.5) is 0 Å². The second-order valence-electron chi connectivity index (χ2n) is 7.70. The quantitative estimate of drug-likeness (QED) is 0.233. The highest BCUT2D eigenvalue weighted by atomic mass is 32.2. The van der Waals surface area contributed by atoms with Gasteiger partial charge < -0.3 is 10.2 Å². The van der Waals surface area contributed by atoms with E-state index in [0.717, 1.165) is 18.4 Å². The minimum Gasteiger partial charge on any atom is -0.481 e. The Balaban J connectivity index is 2.59. The molecule has 0 saturated carbocycles. The molecule has 0 bridgehead atoms. The van der Waals surface area contributed by atoms with Crippen LogP contribution >= 0.6 is 0 Å². The second-order valence-corrected chi connectivity index (χ2v) is 9.47. The third-order valence-corrected chi connectivity index (χ3v) is 6.62. The number of benzene rings is 1. The van der Waals surface area contributed by atoms with E-state index in [9.17, 15) is 13.8 Å². The number of allylic oxidation sites excluding steroid dienone is 3. The van der Waals surface area contributed by atoms with E-state index in [1.165, 1.54) is 44.6 Å². The fraction of sp³-hybridized carbons (Fsp3) is 0.520. The van der Waals surface area contributed by atoms with Gasteiger partial charge in [-0.3, -0.25) is 9.00 Å². The fourth-order valence-corrected chi connectivity index (χ4v) is 4.56. The summed E-state index contributed by atoms with van der Waals surface area (Å²) in [5.74, 6) is -1.90. The Kier molecular flexibility index (Phi) is 14.3. The van der Waals surface area contributed by atoms with Crippen LogP contribution in [-0.2, 0) is 22.0 Å². The van der Waals surface area contributed by atoms with Crippen LogP contribution in [0.3, 0.4) is 0 Å². The predicted octanol–water partition coefficient (Wildman–Crippen LogP) is 5.77. The van der Waals surface area contributed by atoms with Crippen molar-refractivity contribution in [2.24, 2.45) is 0 Å². The van der Waals surface area contributed by atoms with Crippen LogP contribution in [0.2, 0.25) is 0 Å². The van der Waals surface area contributed by atoms with Gasteiger partial charge in [0.15, 0.2) is 0 Å². The van der Waals surface area contributed by atoms with E-state index in [1.54, 1.807) is 18.2 Å². The lowest BCUT2D eigenvalue weighted by Crippen LogP contribution is -2.20. The van der Waals surface area contributed by atoms with Gasteiger partial charge in [-0.1, -0.05) is 81.9 Å². The summed E-state index contributed by atoms with van der Waals surface area (Å²) in [7, 11) is -1.36. The van der Waals surface area contributed by atoms with Crippen molar-refractivity contribution in [3.8, 4) is 0 Å². The highest BCUT2D eigenvalue weighted by molar-refractivity contribution is 7.85. The molecule has 0 radical (unpaired) electrons. The van der Waals surface area contributed by atoms with E-state index in [0.29, 0.717) is 6.42 Å². The third kappa shape index (κ3) is 12.9. The van der Waals surface area contributed by atoms with Gasteiger partial charge in [0.05, 0.1) is 17.2 Å². The summed E-state index contributed by atoms with van der Waals surface area (Å²) < 4.78 is 12.6. The fourth-order valence-electron chi connectivity index (χ4n) is 3.23. The van der Waals surface area contributed by atoms with Crippen molar-refractivity contribution < 1.29 is 24.0 Å². The average Bonchev–Trinajstić information content (AvgIpc) is 2.75. The Morgan fingerprint density at radius 3 is 2.42 bits per heavy atom. The Bertz CT molecular complexity index is 754. The Morgan fingerprint density at radius 1 is 1.03 bits per heavy atom. The summed E-state index contributed by atoms with van der Waals surface area (Å²) in [5.41, 5.74) is 0.955. The van der Waals surface area contributed by atoms with Crippen LogP contribution in [0.1, 0.15) is 80.6 Å². The van der Waals surface area contributed by atoms with E-state index in [-0.39, 0.29) is 23.0 Å². The van der Waals surface area contributed by atoms with Crippen molar-refractivity contribution in [2.45, 2.75) is 76.4 Å². The lowest BCUT2D eigenvalue weighted by Gasteiger charge is -2.13. The number of aliphatic carboxylic acids is 1. The molecule has 0 aromatic heterocycles. The maximum atomic E-state index is 12.6. The van der Waals surface area contributed by atoms with Crippen molar-refractivity contribution in [1.82, 2.24) is 0 Å². The van der Waals surface area contributed by atoms with Gasteiger partial charge in [-0.25, -0.2) is 4.79 Å². The first-order valence-corrected chi connectivity index (χ1v) is 12.6. The molecular formula is C25H36O5S. The van der Waals surface area contributed by atoms with E-state index in [1.807, 2.05) is 18.2 Å². The van der Waals surface area contributed by atoms with Crippen molar-refractivity contribution in [1.29, 1.82) is 0 Å². The number of hydrogen-bond acceptors (Lipinski definition) is 3. The molecule has 172 valence electrons. The zero-order valence-corrected chi connectivity index (χ0v) is 19.3. The molecule has 0 aliphatic carbocycles. The zero-order chi connectivity index (χ0) is 22.9. The number of carboxylic acid groups (broad SMARTS) is 2. The number of carboxylic acids is 2. The van der Waals surface area contributed by atoms with Gasteiger partial charge in [0.1, 0.15) is 0 Å². The molecule has 5 nitrogen and oxygen atoms in total. The van der Waals surface area contributed by atoms with Crippen LogP contribution < -0.4 is 0 Å². The van der Waals surface area contributed by atoms with Crippen LogP contribution in [0.5, 0.6) is 0 Å². The lowest BCUT2D eigenvalue weighted by atomic mass is 10.1. The maximum absolute atomic E-state index is 12.6. The molecule has 0 saturated heterocycles.